The van der Waals surface area contributed by atoms with Crippen molar-refractivity contribution in [3.63, 3.8) is 0 Å². The lowest BCUT2D eigenvalue weighted by Crippen LogP contribution is -2.44. The maximum absolute atomic E-state index is 13.0. The van der Waals surface area contributed by atoms with Crippen LogP contribution in [-0.4, -0.2) is 42.9 Å². The van der Waals surface area contributed by atoms with Gasteiger partial charge in [-0.15, -0.1) is 11.8 Å². The summed E-state index contributed by atoms with van der Waals surface area (Å²) >= 11 is 1.57. The molecule has 7 heteroatoms. The number of carbonyl (C=O) groups is 2. The van der Waals surface area contributed by atoms with E-state index in [0.29, 0.717) is 30.3 Å². The molecule has 0 bridgehead atoms. The molecule has 146 valence electrons. The maximum atomic E-state index is 13.0. The number of nitrogens with one attached hydrogen (secondary N) is 1. The number of nitrogens with zero attached hydrogens (tertiary/aromatic N) is 1. The van der Waals surface area contributed by atoms with E-state index in [2.05, 4.69) is 5.32 Å². The second-order valence-electron chi connectivity index (χ2n) is 6.85. The number of fused-ring (bicyclic) bond motifs is 1. The summed E-state index contributed by atoms with van der Waals surface area (Å²) < 4.78 is 10.6. The molecule has 0 unspecified atom stereocenters. The van der Waals surface area contributed by atoms with Crippen LogP contribution >= 0.6 is 11.8 Å². The fourth-order valence-corrected chi connectivity index (χ4v) is 4.22. The minimum atomic E-state index is -0.200. The van der Waals surface area contributed by atoms with Crippen molar-refractivity contribution >= 4 is 29.3 Å². The van der Waals surface area contributed by atoms with Gasteiger partial charge in [-0.25, -0.2) is 4.79 Å². The largest absolute Gasteiger partial charge is 0.454 e. The minimum absolute atomic E-state index is 0.116. The van der Waals surface area contributed by atoms with Crippen molar-refractivity contribution in [2.24, 2.45) is 5.92 Å². The van der Waals surface area contributed by atoms with E-state index < -0.39 is 0 Å². The third-order valence-electron chi connectivity index (χ3n) is 5.08. The van der Waals surface area contributed by atoms with Gasteiger partial charge in [0.2, 0.25) is 6.79 Å². The fourth-order valence-electron chi connectivity index (χ4n) is 3.62. The van der Waals surface area contributed by atoms with Gasteiger partial charge in [0.15, 0.2) is 17.3 Å². The van der Waals surface area contributed by atoms with Gasteiger partial charge < -0.3 is 19.7 Å². The number of ketones is 1. The van der Waals surface area contributed by atoms with E-state index in [1.807, 2.05) is 30.5 Å². The first-order chi connectivity index (χ1) is 13.7. The molecule has 2 aromatic rings. The van der Waals surface area contributed by atoms with E-state index in [9.17, 15) is 9.59 Å². The number of piperidine rings is 1. The number of thioether (sulfide) groups is 1. The first kappa shape index (κ1) is 18.7. The molecular weight excluding hydrogens is 376 g/mol. The Balaban J connectivity index is 1.43. The molecule has 1 N–H and O–H groups in total. The molecule has 2 aliphatic heterocycles. The highest BCUT2D eigenvalue weighted by Crippen LogP contribution is 2.34. The molecule has 4 rings (SSSR count). The van der Waals surface area contributed by atoms with Gasteiger partial charge in [0.05, 0.1) is 0 Å². The van der Waals surface area contributed by atoms with Crippen LogP contribution in [0.3, 0.4) is 0 Å². The van der Waals surface area contributed by atoms with Crippen LogP contribution in [0.15, 0.2) is 47.4 Å². The standard InChI is InChI=1S/C21H22N2O4S/c1-28-19-7-3-2-6-16(19)20(24)14-5-4-10-23(12-14)21(25)22-15-8-9-17-18(11-15)27-13-26-17/h2-3,6-9,11,14H,4-5,10,12-13H2,1H3,(H,22,25)/t14-/m1/s1. The molecule has 1 saturated heterocycles. The van der Waals surface area contributed by atoms with E-state index in [1.165, 1.54) is 0 Å². The number of hydrogen-bond donors (Lipinski definition) is 1. The number of benzene rings is 2. The summed E-state index contributed by atoms with van der Waals surface area (Å²) in [6.07, 6.45) is 3.58. The smallest absolute Gasteiger partial charge is 0.321 e. The zero-order valence-corrected chi connectivity index (χ0v) is 16.5. The lowest BCUT2D eigenvalue weighted by Gasteiger charge is -2.32. The van der Waals surface area contributed by atoms with Gasteiger partial charge in [-0.05, 0) is 37.3 Å². The zero-order chi connectivity index (χ0) is 19.5. The third-order valence-corrected chi connectivity index (χ3v) is 5.87. The van der Waals surface area contributed by atoms with E-state index in [1.54, 1.807) is 34.9 Å². The number of anilines is 1. The van der Waals surface area contributed by atoms with Gasteiger partial charge in [-0.3, -0.25) is 4.79 Å². The van der Waals surface area contributed by atoms with Crippen LogP contribution in [0.1, 0.15) is 23.2 Å². The van der Waals surface area contributed by atoms with E-state index in [0.717, 1.165) is 23.3 Å². The maximum Gasteiger partial charge on any atom is 0.321 e. The molecular formula is C21H22N2O4S. The summed E-state index contributed by atoms with van der Waals surface area (Å²) in [5.41, 5.74) is 1.40. The third kappa shape index (κ3) is 3.80. The zero-order valence-electron chi connectivity index (χ0n) is 15.6. The van der Waals surface area contributed by atoms with Crippen LogP contribution in [0, 0.1) is 5.92 Å². The number of urea groups is 1. The Bertz CT molecular complexity index is 902. The molecule has 0 spiro atoms. The number of Topliss-reactive ketones (excluding diaryl/α,β-unsaturated/α-hetero) is 1. The van der Waals surface area contributed by atoms with Crippen LogP contribution in [0.25, 0.3) is 0 Å². The number of rotatable bonds is 4. The minimum Gasteiger partial charge on any atom is -0.454 e. The van der Waals surface area contributed by atoms with Crippen molar-refractivity contribution < 1.29 is 19.1 Å². The molecule has 0 aliphatic carbocycles. The molecule has 1 atom stereocenters. The average molecular weight is 398 g/mol. The lowest BCUT2D eigenvalue weighted by molar-refractivity contribution is 0.0848. The number of likely N-dealkylation sites (tertiary alicyclic amines) is 1. The van der Waals surface area contributed by atoms with Crippen LogP contribution in [0.2, 0.25) is 0 Å². The van der Waals surface area contributed by atoms with Crippen molar-refractivity contribution in [2.75, 3.05) is 31.5 Å². The number of ether oxygens (including phenoxy) is 2. The van der Waals surface area contributed by atoms with Gasteiger partial charge in [0.1, 0.15) is 0 Å². The predicted molar refractivity (Wildman–Crippen MR) is 108 cm³/mol. The molecule has 28 heavy (non-hydrogen) atoms. The SMILES string of the molecule is CSc1ccccc1C(=O)[C@@H]1CCCN(C(=O)Nc2ccc3c(c2)OCO3)C1. The Morgan fingerprint density at radius 1 is 1.14 bits per heavy atom. The summed E-state index contributed by atoms with van der Waals surface area (Å²) in [6.45, 7) is 1.27. The van der Waals surface area contributed by atoms with Gasteiger partial charge in [-0.1, -0.05) is 18.2 Å². The van der Waals surface area contributed by atoms with E-state index in [4.69, 9.17) is 9.47 Å². The summed E-state index contributed by atoms with van der Waals surface area (Å²) in [5.74, 6) is 1.24. The molecule has 0 radical (unpaired) electrons. The molecule has 2 aliphatic rings. The van der Waals surface area contributed by atoms with Crippen molar-refractivity contribution in [2.45, 2.75) is 17.7 Å². The van der Waals surface area contributed by atoms with Crippen molar-refractivity contribution in [1.82, 2.24) is 4.90 Å². The Labute approximate surface area is 168 Å². The lowest BCUT2D eigenvalue weighted by atomic mass is 9.90. The van der Waals surface area contributed by atoms with Crippen molar-refractivity contribution in [3.8, 4) is 11.5 Å². The Kier molecular flexibility index (Phi) is 5.43. The van der Waals surface area contributed by atoms with Crippen LogP contribution in [-0.2, 0) is 0 Å². The molecule has 2 aromatic carbocycles. The molecule has 1 fully saturated rings. The van der Waals surface area contributed by atoms with Gasteiger partial charge >= 0.3 is 6.03 Å². The summed E-state index contributed by atoms with van der Waals surface area (Å²) in [5, 5.41) is 2.90. The Hall–Kier alpha value is -2.67. The van der Waals surface area contributed by atoms with E-state index >= 15 is 0 Å². The first-order valence-electron chi connectivity index (χ1n) is 9.28. The second kappa shape index (κ2) is 8.14. The van der Waals surface area contributed by atoms with Crippen molar-refractivity contribution in [3.05, 3.63) is 48.0 Å². The van der Waals surface area contributed by atoms with Crippen LogP contribution in [0.5, 0.6) is 11.5 Å². The first-order valence-corrected chi connectivity index (χ1v) is 10.5. The molecule has 6 nitrogen and oxygen atoms in total. The molecule has 2 heterocycles. The second-order valence-corrected chi connectivity index (χ2v) is 7.70. The summed E-state index contributed by atoms with van der Waals surface area (Å²) in [6, 6.07) is 12.8. The predicted octanol–water partition coefficient (Wildman–Crippen LogP) is 4.26. The topological polar surface area (TPSA) is 67.9 Å². The van der Waals surface area contributed by atoms with Crippen LogP contribution < -0.4 is 14.8 Å². The Morgan fingerprint density at radius 3 is 2.82 bits per heavy atom. The van der Waals surface area contributed by atoms with E-state index in [-0.39, 0.29) is 24.5 Å². The summed E-state index contributed by atoms with van der Waals surface area (Å²) in [4.78, 5) is 28.5. The number of amides is 2. The normalized spacial score (nSPS) is 18.0. The number of carbonyl (C=O) groups excluding carboxylic acids is 2. The summed E-state index contributed by atoms with van der Waals surface area (Å²) in [7, 11) is 0. The molecule has 0 aromatic heterocycles. The number of hydrogen-bond acceptors (Lipinski definition) is 5. The van der Waals surface area contributed by atoms with Crippen LogP contribution in [0.4, 0.5) is 10.5 Å². The fraction of sp³-hybridized carbons (Fsp3) is 0.333. The average Bonchev–Trinajstić information content (AvgIpc) is 3.21. The monoisotopic (exact) mass is 398 g/mol. The highest BCUT2D eigenvalue weighted by atomic mass is 32.2. The van der Waals surface area contributed by atoms with Crippen molar-refractivity contribution in [1.29, 1.82) is 0 Å². The van der Waals surface area contributed by atoms with Gasteiger partial charge in [0, 0.05) is 41.2 Å². The highest BCUT2D eigenvalue weighted by molar-refractivity contribution is 7.98. The van der Waals surface area contributed by atoms with Gasteiger partial charge in [0.25, 0.3) is 0 Å². The quantitative estimate of drug-likeness (QED) is 0.616. The van der Waals surface area contributed by atoms with Gasteiger partial charge in [-0.2, -0.15) is 0 Å². The highest BCUT2D eigenvalue weighted by Gasteiger charge is 2.30. The Morgan fingerprint density at radius 2 is 1.96 bits per heavy atom. The molecule has 0 saturated carbocycles. The molecule has 2 amide bonds.